The summed E-state index contributed by atoms with van der Waals surface area (Å²) in [4.78, 5) is 0. The Morgan fingerprint density at radius 2 is 1.84 bits per heavy atom. The molecule has 0 amide bonds. The van der Waals surface area contributed by atoms with Gasteiger partial charge in [0, 0.05) is 17.3 Å². The Morgan fingerprint density at radius 1 is 1.11 bits per heavy atom. The minimum Gasteiger partial charge on any atom is -0.389 e. The van der Waals surface area contributed by atoms with Gasteiger partial charge < -0.3 is 5.11 Å². The Kier molecular flexibility index (Phi) is 4.38. The Balaban J connectivity index is 2.13. The maximum absolute atomic E-state index is 13.6. The molecule has 0 fully saturated rings. The summed E-state index contributed by atoms with van der Waals surface area (Å²) in [6, 6.07) is 14.4. The Morgan fingerprint density at radius 3 is 2.53 bits per heavy atom. The molecule has 0 aromatic heterocycles. The van der Waals surface area contributed by atoms with E-state index in [-0.39, 0.29) is 5.82 Å². The van der Waals surface area contributed by atoms with E-state index < -0.39 is 5.60 Å². The van der Waals surface area contributed by atoms with Crippen LogP contribution in [0.3, 0.4) is 0 Å². The highest BCUT2D eigenvalue weighted by Gasteiger charge is 2.23. The molecule has 0 heterocycles. The Hall–Kier alpha value is -1.19. The first-order chi connectivity index (χ1) is 8.96. The summed E-state index contributed by atoms with van der Waals surface area (Å²) in [6.07, 6.45) is 0.785. The van der Waals surface area contributed by atoms with E-state index in [0.717, 1.165) is 10.0 Å². The molecule has 0 saturated carbocycles. The number of rotatable bonds is 4. The molecule has 0 bridgehead atoms. The van der Waals surface area contributed by atoms with Crippen molar-refractivity contribution in [3.8, 4) is 0 Å². The molecule has 0 radical (unpaired) electrons. The quantitative estimate of drug-likeness (QED) is 0.897. The van der Waals surface area contributed by atoms with Crippen LogP contribution in [0.25, 0.3) is 0 Å². The predicted octanol–water partition coefficient (Wildman–Crippen LogP) is 4.12. The van der Waals surface area contributed by atoms with Gasteiger partial charge in [-0.3, -0.25) is 0 Å². The van der Waals surface area contributed by atoms with Gasteiger partial charge in [-0.1, -0.05) is 46.3 Å². The van der Waals surface area contributed by atoms with Gasteiger partial charge in [0.1, 0.15) is 5.82 Å². The molecular weight excluding hydrogens is 307 g/mol. The standard InChI is InChI=1S/C16H16BrFO/c1-16(19,10-12-5-4-7-14(17)9-12)11-13-6-2-3-8-15(13)18/h2-9,19H,10-11H2,1H3. The maximum Gasteiger partial charge on any atom is 0.126 e. The van der Waals surface area contributed by atoms with Gasteiger partial charge in [0.25, 0.3) is 0 Å². The lowest BCUT2D eigenvalue weighted by atomic mass is 9.90. The second-order valence-corrected chi connectivity index (χ2v) is 5.99. The molecule has 2 aromatic carbocycles. The lowest BCUT2D eigenvalue weighted by molar-refractivity contribution is 0.0599. The molecule has 100 valence electrons. The van der Waals surface area contributed by atoms with Gasteiger partial charge in [-0.15, -0.1) is 0 Å². The smallest absolute Gasteiger partial charge is 0.126 e. The largest absolute Gasteiger partial charge is 0.389 e. The molecular formula is C16H16BrFO. The maximum atomic E-state index is 13.6. The van der Waals surface area contributed by atoms with E-state index in [0.29, 0.717) is 18.4 Å². The van der Waals surface area contributed by atoms with Crippen LogP contribution < -0.4 is 0 Å². The highest BCUT2D eigenvalue weighted by Crippen LogP contribution is 2.22. The summed E-state index contributed by atoms with van der Waals surface area (Å²) in [5.74, 6) is -0.267. The minimum absolute atomic E-state index is 0.267. The number of benzene rings is 2. The fourth-order valence-electron chi connectivity index (χ4n) is 2.20. The molecule has 2 rings (SSSR count). The van der Waals surface area contributed by atoms with Crippen molar-refractivity contribution >= 4 is 15.9 Å². The predicted molar refractivity (Wildman–Crippen MR) is 78.6 cm³/mol. The van der Waals surface area contributed by atoms with Gasteiger partial charge in [0.05, 0.1) is 5.60 Å². The number of hydrogen-bond acceptors (Lipinski definition) is 1. The van der Waals surface area contributed by atoms with Crippen molar-refractivity contribution in [2.75, 3.05) is 0 Å². The van der Waals surface area contributed by atoms with E-state index in [1.165, 1.54) is 6.07 Å². The number of aliphatic hydroxyl groups is 1. The van der Waals surface area contributed by atoms with E-state index in [2.05, 4.69) is 15.9 Å². The summed E-state index contributed by atoms with van der Waals surface area (Å²) in [5, 5.41) is 10.5. The Labute approximate surface area is 121 Å². The normalized spacial score (nSPS) is 14.1. The third-order valence-electron chi connectivity index (χ3n) is 3.00. The third-order valence-corrected chi connectivity index (χ3v) is 3.50. The Bertz CT molecular complexity index is 566. The first-order valence-electron chi connectivity index (χ1n) is 6.16. The molecule has 2 aromatic rings. The number of halogens is 2. The first-order valence-corrected chi connectivity index (χ1v) is 6.96. The minimum atomic E-state index is -0.969. The molecule has 0 aliphatic rings. The van der Waals surface area contributed by atoms with Crippen molar-refractivity contribution in [3.05, 3.63) is 69.9 Å². The summed E-state index contributed by atoms with van der Waals surface area (Å²) in [6.45, 7) is 1.74. The molecule has 0 saturated heterocycles. The average Bonchev–Trinajstić information content (AvgIpc) is 2.31. The second kappa shape index (κ2) is 5.85. The lowest BCUT2D eigenvalue weighted by Crippen LogP contribution is -2.30. The van der Waals surface area contributed by atoms with Crippen LogP contribution in [0.1, 0.15) is 18.1 Å². The van der Waals surface area contributed by atoms with Gasteiger partial charge in [0.2, 0.25) is 0 Å². The highest BCUT2D eigenvalue weighted by atomic mass is 79.9. The van der Waals surface area contributed by atoms with Gasteiger partial charge >= 0.3 is 0 Å². The zero-order valence-corrected chi connectivity index (χ0v) is 12.3. The van der Waals surface area contributed by atoms with E-state index in [9.17, 15) is 9.50 Å². The van der Waals surface area contributed by atoms with Crippen LogP contribution in [0.4, 0.5) is 4.39 Å². The van der Waals surface area contributed by atoms with Gasteiger partial charge in [-0.25, -0.2) is 4.39 Å². The molecule has 0 spiro atoms. The summed E-state index contributed by atoms with van der Waals surface area (Å²) in [5.41, 5.74) is 0.599. The van der Waals surface area contributed by atoms with E-state index >= 15 is 0 Å². The van der Waals surface area contributed by atoms with Crippen LogP contribution in [0.5, 0.6) is 0 Å². The second-order valence-electron chi connectivity index (χ2n) is 5.07. The number of hydrogen-bond donors (Lipinski definition) is 1. The van der Waals surface area contributed by atoms with Crippen LogP contribution in [-0.2, 0) is 12.8 Å². The van der Waals surface area contributed by atoms with Gasteiger partial charge in [0.15, 0.2) is 0 Å². The van der Waals surface area contributed by atoms with Crippen LogP contribution in [0.2, 0.25) is 0 Å². The van der Waals surface area contributed by atoms with Crippen LogP contribution in [-0.4, -0.2) is 10.7 Å². The molecule has 0 aliphatic carbocycles. The highest BCUT2D eigenvalue weighted by molar-refractivity contribution is 9.10. The van der Waals surface area contributed by atoms with Crippen molar-refractivity contribution in [3.63, 3.8) is 0 Å². The van der Waals surface area contributed by atoms with Gasteiger partial charge in [-0.05, 0) is 36.2 Å². The van der Waals surface area contributed by atoms with Crippen LogP contribution in [0.15, 0.2) is 53.0 Å². The van der Waals surface area contributed by atoms with Gasteiger partial charge in [-0.2, -0.15) is 0 Å². The molecule has 1 nitrogen and oxygen atoms in total. The summed E-state index contributed by atoms with van der Waals surface area (Å²) in [7, 11) is 0. The van der Waals surface area contributed by atoms with Crippen molar-refractivity contribution < 1.29 is 9.50 Å². The molecule has 1 N–H and O–H groups in total. The molecule has 1 atom stereocenters. The van der Waals surface area contributed by atoms with E-state index in [1.807, 2.05) is 24.3 Å². The van der Waals surface area contributed by atoms with Crippen LogP contribution >= 0.6 is 15.9 Å². The topological polar surface area (TPSA) is 20.2 Å². The molecule has 3 heteroatoms. The van der Waals surface area contributed by atoms with Crippen molar-refractivity contribution in [1.29, 1.82) is 0 Å². The fourth-order valence-corrected chi connectivity index (χ4v) is 2.65. The monoisotopic (exact) mass is 322 g/mol. The summed E-state index contributed by atoms with van der Waals surface area (Å²) < 4.78 is 14.6. The first kappa shape index (κ1) is 14.2. The van der Waals surface area contributed by atoms with E-state index in [4.69, 9.17) is 0 Å². The average molecular weight is 323 g/mol. The third kappa shape index (κ3) is 4.15. The van der Waals surface area contributed by atoms with E-state index in [1.54, 1.807) is 25.1 Å². The fraction of sp³-hybridized carbons (Fsp3) is 0.250. The SMILES string of the molecule is CC(O)(Cc1cccc(Br)c1)Cc1ccccc1F. The molecule has 0 aliphatic heterocycles. The lowest BCUT2D eigenvalue weighted by Gasteiger charge is -2.24. The van der Waals surface area contributed by atoms with Crippen LogP contribution in [0, 0.1) is 5.82 Å². The zero-order chi connectivity index (χ0) is 13.9. The molecule has 19 heavy (non-hydrogen) atoms. The zero-order valence-electron chi connectivity index (χ0n) is 10.7. The molecule has 1 unspecified atom stereocenters. The van der Waals surface area contributed by atoms with Crippen molar-refractivity contribution in [2.45, 2.75) is 25.4 Å². The van der Waals surface area contributed by atoms with Crippen molar-refractivity contribution in [2.24, 2.45) is 0 Å². The van der Waals surface area contributed by atoms with Crippen molar-refractivity contribution in [1.82, 2.24) is 0 Å². The summed E-state index contributed by atoms with van der Waals surface area (Å²) >= 11 is 3.41.